The van der Waals surface area contributed by atoms with Crippen molar-refractivity contribution < 1.29 is 23.8 Å². The van der Waals surface area contributed by atoms with E-state index in [0.29, 0.717) is 17.8 Å². The lowest BCUT2D eigenvalue weighted by molar-refractivity contribution is -0.137. The minimum absolute atomic E-state index is 0.00352. The molecule has 1 atom stereocenters. The Hall–Kier alpha value is -2.83. The third-order valence-corrected chi connectivity index (χ3v) is 4.74. The molecule has 7 nitrogen and oxygen atoms in total. The zero-order chi connectivity index (χ0) is 19.4. The number of carboxylic acid groups (broad SMARTS) is 1. The van der Waals surface area contributed by atoms with Gasteiger partial charge in [0.05, 0.1) is 0 Å². The molecule has 2 aromatic rings. The van der Waals surface area contributed by atoms with Crippen LogP contribution in [0.3, 0.4) is 0 Å². The number of carbonyl (C=O) groups is 2. The van der Waals surface area contributed by atoms with Gasteiger partial charge in [-0.25, -0.2) is 4.79 Å². The van der Waals surface area contributed by atoms with Crippen molar-refractivity contribution in [1.82, 2.24) is 5.32 Å². The van der Waals surface area contributed by atoms with Crippen LogP contribution in [-0.4, -0.2) is 29.6 Å². The molecule has 0 bridgehead atoms. The lowest BCUT2D eigenvalue weighted by Crippen LogP contribution is -2.36. The highest BCUT2D eigenvalue weighted by Crippen LogP contribution is 2.29. The van der Waals surface area contributed by atoms with Gasteiger partial charge < -0.3 is 19.6 Å². The van der Waals surface area contributed by atoms with Crippen molar-refractivity contribution in [3.8, 4) is 5.75 Å². The Morgan fingerprint density at radius 2 is 2.00 bits per heavy atom. The lowest BCUT2D eigenvalue weighted by atomic mass is 9.91. The maximum Gasteiger partial charge on any atom is 0.339 e. The number of rotatable bonds is 7. The van der Waals surface area contributed by atoms with Crippen LogP contribution in [0.4, 0.5) is 0 Å². The van der Waals surface area contributed by atoms with E-state index in [1.54, 1.807) is 19.1 Å². The number of fused-ring (bicyclic) bond motifs is 3. The number of carbonyl (C=O) groups excluding carboxylic acids is 1. The highest BCUT2D eigenvalue weighted by atomic mass is 16.5. The van der Waals surface area contributed by atoms with E-state index in [9.17, 15) is 14.4 Å². The minimum atomic E-state index is -0.895. The zero-order valence-corrected chi connectivity index (χ0v) is 15.2. The fourth-order valence-electron chi connectivity index (χ4n) is 3.35. The predicted molar refractivity (Wildman–Crippen MR) is 99.1 cm³/mol. The van der Waals surface area contributed by atoms with Crippen molar-refractivity contribution in [3.05, 3.63) is 39.7 Å². The van der Waals surface area contributed by atoms with E-state index in [1.165, 1.54) is 0 Å². The molecule has 1 aromatic heterocycles. The number of amides is 1. The van der Waals surface area contributed by atoms with Crippen LogP contribution >= 0.6 is 0 Å². The quantitative estimate of drug-likeness (QED) is 0.570. The van der Waals surface area contributed by atoms with Crippen LogP contribution in [0.15, 0.2) is 27.4 Å². The molecule has 0 saturated carbocycles. The molecule has 0 aliphatic heterocycles. The summed E-state index contributed by atoms with van der Waals surface area (Å²) in [6.45, 7) is 1.89. The molecule has 0 saturated heterocycles. The van der Waals surface area contributed by atoms with E-state index in [1.807, 2.05) is 6.07 Å². The molecule has 0 spiro atoms. The molecule has 27 heavy (non-hydrogen) atoms. The number of aryl methyl sites for hydroxylation is 1. The van der Waals surface area contributed by atoms with Gasteiger partial charge in [-0.05, 0) is 56.7 Å². The van der Waals surface area contributed by atoms with Gasteiger partial charge >= 0.3 is 11.6 Å². The van der Waals surface area contributed by atoms with E-state index in [2.05, 4.69) is 5.32 Å². The lowest BCUT2D eigenvalue weighted by Gasteiger charge is -2.17. The number of ether oxygens (including phenoxy) is 1. The molecule has 3 rings (SSSR count). The maximum absolute atomic E-state index is 12.2. The fraction of sp³-hybridized carbons (Fsp3) is 0.450. The molecular formula is C20H23NO6. The molecule has 1 aliphatic carbocycles. The third-order valence-electron chi connectivity index (χ3n) is 4.74. The maximum atomic E-state index is 12.2. The van der Waals surface area contributed by atoms with Gasteiger partial charge in [0.25, 0.3) is 5.91 Å². The second-order valence-electron chi connectivity index (χ2n) is 6.76. The van der Waals surface area contributed by atoms with Gasteiger partial charge in [0.15, 0.2) is 6.10 Å². The Bertz CT molecular complexity index is 917. The molecule has 144 valence electrons. The molecule has 1 aromatic carbocycles. The average molecular weight is 373 g/mol. The van der Waals surface area contributed by atoms with Gasteiger partial charge in [-0.15, -0.1) is 0 Å². The normalized spacial score (nSPS) is 14.4. The first kappa shape index (κ1) is 18.9. The first-order chi connectivity index (χ1) is 13.0. The summed E-state index contributed by atoms with van der Waals surface area (Å²) in [6, 6.07) is 5.28. The third kappa shape index (κ3) is 4.48. The van der Waals surface area contributed by atoms with Crippen LogP contribution in [0.5, 0.6) is 5.75 Å². The number of hydrogen-bond acceptors (Lipinski definition) is 5. The second kappa shape index (κ2) is 8.24. The summed E-state index contributed by atoms with van der Waals surface area (Å²) < 4.78 is 11.1. The largest absolute Gasteiger partial charge is 0.481 e. The summed E-state index contributed by atoms with van der Waals surface area (Å²) in [4.78, 5) is 34.7. The number of hydrogen-bond donors (Lipinski definition) is 2. The predicted octanol–water partition coefficient (Wildman–Crippen LogP) is 2.42. The molecule has 0 radical (unpaired) electrons. The molecule has 0 unspecified atom stereocenters. The molecule has 1 aliphatic rings. The van der Waals surface area contributed by atoms with Gasteiger partial charge in [0.2, 0.25) is 0 Å². The first-order valence-corrected chi connectivity index (χ1v) is 9.20. The van der Waals surface area contributed by atoms with Gasteiger partial charge in [0, 0.05) is 30.0 Å². The first-order valence-electron chi connectivity index (χ1n) is 9.20. The Kier molecular flexibility index (Phi) is 5.78. The summed E-state index contributed by atoms with van der Waals surface area (Å²) in [5.41, 5.74) is 2.01. The summed E-state index contributed by atoms with van der Waals surface area (Å²) in [5.74, 6) is -0.782. The van der Waals surface area contributed by atoms with Crippen LogP contribution in [-0.2, 0) is 22.4 Å². The Morgan fingerprint density at radius 1 is 1.26 bits per heavy atom. The van der Waals surface area contributed by atoms with Gasteiger partial charge in [-0.3, -0.25) is 9.59 Å². The summed E-state index contributed by atoms with van der Waals surface area (Å²) >= 11 is 0. The van der Waals surface area contributed by atoms with Crippen LogP contribution < -0.4 is 15.7 Å². The highest BCUT2D eigenvalue weighted by Gasteiger charge is 2.19. The van der Waals surface area contributed by atoms with Crippen LogP contribution in [0.2, 0.25) is 0 Å². The number of benzene rings is 1. The van der Waals surface area contributed by atoms with Crippen molar-refractivity contribution in [2.45, 2.75) is 51.6 Å². The van der Waals surface area contributed by atoms with Gasteiger partial charge in [-0.2, -0.15) is 0 Å². The van der Waals surface area contributed by atoms with Gasteiger partial charge in [-0.1, -0.05) is 0 Å². The van der Waals surface area contributed by atoms with Crippen LogP contribution in [0, 0.1) is 0 Å². The number of carboxylic acids is 1. The van der Waals surface area contributed by atoms with Crippen LogP contribution in [0.25, 0.3) is 11.0 Å². The van der Waals surface area contributed by atoms with Crippen molar-refractivity contribution >= 4 is 22.8 Å². The van der Waals surface area contributed by atoms with E-state index >= 15 is 0 Å². The van der Waals surface area contributed by atoms with E-state index in [0.717, 1.165) is 42.2 Å². The fourth-order valence-corrected chi connectivity index (χ4v) is 3.35. The van der Waals surface area contributed by atoms with Crippen molar-refractivity contribution in [2.75, 3.05) is 6.54 Å². The number of nitrogens with one attached hydrogen (secondary N) is 1. The summed E-state index contributed by atoms with van der Waals surface area (Å²) in [7, 11) is 0. The molecular weight excluding hydrogens is 350 g/mol. The van der Waals surface area contributed by atoms with Crippen molar-refractivity contribution in [2.24, 2.45) is 0 Å². The molecule has 7 heteroatoms. The monoisotopic (exact) mass is 373 g/mol. The smallest absolute Gasteiger partial charge is 0.339 e. The summed E-state index contributed by atoms with van der Waals surface area (Å²) in [5, 5.41) is 12.2. The summed E-state index contributed by atoms with van der Waals surface area (Å²) in [6.07, 6.45) is 3.30. The Morgan fingerprint density at radius 3 is 2.74 bits per heavy atom. The van der Waals surface area contributed by atoms with Crippen molar-refractivity contribution in [1.29, 1.82) is 0 Å². The van der Waals surface area contributed by atoms with E-state index in [-0.39, 0.29) is 24.5 Å². The second-order valence-corrected chi connectivity index (χ2v) is 6.76. The number of aliphatic carboxylic acids is 1. The topological polar surface area (TPSA) is 106 Å². The molecule has 1 heterocycles. The Labute approximate surface area is 156 Å². The Balaban J connectivity index is 1.69. The van der Waals surface area contributed by atoms with Crippen LogP contribution in [0.1, 0.15) is 43.7 Å². The molecule has 0 fully saturated rings. The highest BCUT2D eigenvalue weighted by molar-refractivity contribution is 5.83. The minimum Gasteiger partial charge on any atom is -0.481 e. The van der Waals surface area contributed by atoms with Crippen molar-refractivity contribution in [3.63, 3.8) is 0 Å². The van der Waals surface area contributed by atoms with E-state index in [4.69, 9.17) is 14.3 Å². The average Bonchev–Trinajstić information content (AvgIpc) is 2.65. The molecule has 2 N–H and O–H groups in total. The standard InChI is InChI=1S/C20H23NO6/c1-12(19(24)21-10-4-7-18(22)23)26-13-8-9-15-14-5-2-3-6-16(14)20(25)27-17(15)11-13/h8-9,11-12H,2-7,10H2,1H3,(H,21,24)(H,22,23)/t12-/m1/s1. The zero-order valence-electron chi connectivity index (χ0n) is 15.2. The van der Waals surface area contributed by atoms with Gasteiger partial charge in [0.1, 0.15) is 11.3 Å². The van der Waals surface area contributed by atoms with E-state index < -0.39 is 12.1 Å². The SMILES string of the molecule is C[C@@H](Oc1ccc2c3c(c(=O)oc2c1)CCCC3)C(=O)NCCCC(=O)O. The molecule has 1 amide bonds.